The van der Waals surface area contributed by atoms with Crippen molar-refractivity contribution in [3.63, 3.8) is 0 Å². The number of hydrogen-bond acceptors (Lipinski definition) is 8. The van der Waals surface area contributed by atoms with Crippen molar-refractivity contribution in [3.8, 4) is 0 Å². The smallest absolute Gasteiger partial charge is 0.414 e. The number of aliphatic hydroxyl groups is 1. The monoisotopic (exact) mass is 482 g/mol. The first-order chi connectivity index (χ1) is 15.1. The van der Waals surface area contributed by atoms with Gasteiger partial charge in [0.05, 0.1) is 23.8 Å². The van der Waals surface area contributed by atoms with Crippen LogP contribution in [0.3, 0.4) is 0 Å². The summed E-state index contributed by atoms with van der Waals surface area (Å²) >= 11 is 2.74. The van der Waals surface area contributed by atoms with Crippen LogP contribution in [0.1, 0.15) is 22.6 Å². The van der Waals surface area contributed by atoms with Gasteiger partial charge in [-0.05, 0) is 22.9 Å². The van der Waals surface area contributed by atoms with Gasteiger partial charge in [0, 0.05) is 12.8 Å². The predicted octanol–water partition coefficient (Wildman–Crippen LogP) is 1.50. The Bertz CT molecular complexity index is 937. The Morgan fingerprint density at radius 2 is 1.47 bits per heavy atom. The maximum atomic E-state index is 13.1. The van der Waals surface area contributed by atoms with E-state index in [0.717, 1.165) is 17.3 Å². The molecule has 11 heteroatoms. The normalized spacial score (nSPS) is 29.3. The van der Waals surface area contributed by atoms with Crippen LogP contribution in [0.5, 0.6) is 0 Å². The zero-order valence-corrected chi connectivity index (χ0v) is 19.0. The number of hydrogen-bond donors (Lipinski definition) is 3. The zero-order chi connectivity index (χ0) is 23.3. The fourth-order valence-corrected chi connectivity index (χ4v) is 6.54. The summed E-state index contributed by atoms with van der Waals surface area (Å²) in [6.45, 7) is 0. The number of carbonyl (C=O) groups excluding carboxylic acids is 1. The molecular formula is C21H24NO8S2+. The average molecular weight is 483 g/mol. The van der Waals surface area contributed by atoms with Crippen LogP contribution in [0.4, 0.5) is 0 Å². The number of aliphatic carboxylic acids is 2. The number of epoxide rings is 1. The number of esters is 1. The van der Waals surface area contributed by atoms with E-state index in [1.807, 2.05) is 22.9 Å². The molecule has 0 aliphatic carbocycles. The van der Waals surface area contributed by atoms with Crippen LogP contribution in [0, 0.1) is 0 Å². The molecule has 2 aromatic rings. The first-order valence-corrected chi connectivity index (χ1v) is 11.8. The molecule has 1 unspecified atom stereocenters. The third kappa shape index (κ3) is 3.84. The molecule has 2 aromatic heterocycles. The van der Waals surface area contributed by atoms with Gasteiger partial charge in [0.2, 0.25) is 5.60 Å². The van der Waals surface area contributed by atoms with Crippen molar-refractivity contribution in [1.29, 1.82) is 0 Å². The standard InChI is InChI=1S/C19H22NO4S2.C2H2O4/c1-20(2)12-9-11(10-13(20)17-16(12)24-17)23-18(21)19(22,14-5-3-7-25-14)15-6-4-8-26-15;3-1(4)2(5)6/h3-8,11-13,16-17,22H,9-10H2,1-2H3;(H,3,4)(H,5,6)/q+1;/t11?,12-,13-,16-,17+;/m0./s1. The Balaban J connectivity index is 0.000000363. The highest BCUT2D eigenvalue weighted by atomic mass is 32.1. The second kappa shape index (κ2) is 8.23. The number of quaternary nitrogens is 1. The third-order valence-electron chi connectivity index (χ3n) is 6.55. The maximum absolute atomic E-state index is 13.1. The van der Waals surface area contributed by atoms with Crippen LogP contribution in [-0.2, 0) is 29.5 Å². The lowest BCUT2D eigenvalue weighted by atomic mass is 9.95. The van der Waals surface area contributed by atoms with Crippen molar-refractivity contribution >= 4 is 40.6 Å². The average Bonchev–Trinajstić information content (AvgIpc) is 3.10. The Morgan fingerprint density at radius 3 is 1.84 bits per heavy atom. The predicted molar refractivity (Wildman–Crippen MR) is 114 cm³/mol. The summed E-state index contributed by atoms with van der Waals surface area (Å²) in [5.41, 5.74) is -1.72. The number of thiophene rings is 2. The molecule has 5 rings (SSSR count). The Hall–Kier alpha value is -2.31. The number of rotatable bonds is 4. The molecule has 2 bridgehead atoms. The minimum absolute atomic E-state index is 0.161. The van der Waals surface area contributed by atoms with E-state index < -0.39 is 23.5 Å². The van der Waals surface area contributed by atoms with Crippen LogP contribution in [0.25, 0.3) is 0 Å². The lowest BCUT2D eigenvalue weighted by molar-refractivity contribution is -0.938. The summed E-state index contributed by atoms with van der Waals surface area (Å²) in [6.07, 6.45) is 2.05. The number of carboxylic acid groups (broad SMARTS) is 2. The lowest BCUT2D eigenvalue weighted by Gasteiger charge is -2.45. The first-order valence-electron chi connectivity index (χ1n) is 10.0. The molecule has 5 heterocycles. The van der Waals surface area contributed by atoms with Crippen molar-refractivity contribution < 1.29 is 43.7 Å². The second-order valence-corrected chi connectivity index (χ2v) is 10.5. The lowest BCUT2D eigenvalue weighted by Crippen LogP contribution is -2.60. The van der Waals surface area contributed by atoms with E-state index in [0.29, 0.717) is 34.0 Å². The molecule has 3 fully saturated rings. The summed E-state index contributed by atoms with van der Waals surface area (Å²) in [5.74, 6) is -4.21. The van der Waals surface area contributed by atoms with Gasteiger partial charge in [0.1, 0.15) is 30.4 Å². The van der Waals surface area contributed by atoms with E-state index in [9.17, 15) is 9.90 Å². The minimum atomic E-state index is -1.82. The van der Waals surface area contributed by atoms with Gasteiger partial charge in [0.25, 0.3) is 0 Å². The van der Waals surface area contributed by atoms with Gasteiger partial charge in [-0.2, -0.15) is 0 Å². The number of carboxylic acids is 2. The van der Waals surface area contributed by atoms with Gasteiger partial charge >= 0.3 is 17.9 Å². The van der Waals surface area contributed by atoms with Gasteiger partial charge in [-0.3, -0.25) is 0 Å². The van der Waals surface area contributed by atoms with Gasteiger partial charge in [-0.15, -0.1) is 22.7 Å². The zero-order valence-electron chi connectivity index (χ0n) is 17.4. The fraction of sp³-hybridized carbons (Fsp3) is 0.476. The molecule has 0 radical (unpaired) electrons. The summed E-state index contributed by atoms with van der Waals surface area (Å²) in [5, 5.41) is 29.9. The number of ether oxygens (including phenoxy) is 2. The maximum Gasteiger partial charge on any atom is 0.414 e. The van der Waals surface area contributed by atoms with Crippen molar-refractivity contribution in [1.82, 2.24) is 0 Å². The molecular weight excluding hydrogens is 458 g/mol. The third-order valence-corrected chi connectivity index (χ3v) is 8.50. The van der Waals surface area contributed by atoms with Crippen molar-refractivity contribution in [3.05, 3.63) is 44.8 Å². The van der Waals surface area contributed by atoms with Crippen LogP contribution in [0.2, 0.25) is 0 Å². The fourth-order valence-electron chi connectivity index (χ4n) is 4.83. The Kier molecular flexibility index (Phi) is 5.88. The van der Waals surface area contributed by atoms with Crippen LogP contribution >= 0.6 is 22.7 Å². The number of nitrogens with zero attached hydrogens (tertiary/aromatic N) is 1. The highest BCUT2D eigenvalue weighted by Crippen LogP contribution is 2.52. The summed E-state index contributed by atoms with van der Waals surface area (Å²) in [6, 6.07) is 8.01. The molecule has 0 amide bonds. The van der Waals surface area contributed by atoms with Gasteiger partial charge in [-0.25, -0.2) is 14.4 Å². The largest absolute Gasteiger partial charge is 0.473 e. The summed E-state index contributed by atoms with van der Waals surface area (Å²) < 4.78 is 12.6. The molecule has 3 aliphatic rings. The number of likely N-dealkylation sites (N-methyl/N-ethyl adjacent to an activating group) is 1. The van der Waals surface area contributed by atoms with Crippen LogP contribution in [0.15, 0.2) is 35.0 Å². The molecule has 5 atom stereocenters. The number of fused-ring (bicyclic) bond motifs is 5. The van der Waals surface area contributed by atoms with Crippen molar-refractivity contribution in [2.75, 3.05) is 14.1 Å². The quantitative estimate of drug-likeness (QED) is 0.258. The van der Waals surface area contributed by atoms with E-state index in [1.54, 1.807) is 12.1 Å². The molecule has 172 valence electrons. The highest BCUT2D eigenvalue weighted by Gasteiger charge is 2.71. The van der Waals surface area contributed by atoms with Crippen molar-refractivity contribution in [2.45, 2.75) is 48.8 Å². The molecule has 3 N–H and O–H groups in total. The topological polar surface area (TPSA) is 134 Å². The van der Waals surface area contributed by atoms with Crippen LogP contribution < -0.4 is 0 Å². The first kappa shape index (κ1) is 22.9. The number of piperidine rings is 1. The Morgan fingerprint density at radius 1 is 1.00 bits per heavy atom. The summed E-state index contributed by atoms with van der Waals surface area (Å²) in [7, 11) is 4.49. The van der Waals surface area contributed by atoms with E-state index in [2.05, 4.69) is 14.1 Å². The van der Waals surface area contributed by atoms with E-state index >= 15 is 0 Å². The highest BCUT2D eigenvalue weighted by molar-refractivity contribution is 7.12. The molecule has 0 spiro atoms. The number of morpholine rings is 1. The van der Waals surface area contributed by atoms with Crippen LogP contribution in [-0.4, -0.2) is 82.2 Å². The molecule has 3 aliphatic heterocycles. The van der Waals surface area contributed by atoms with Crippen molar-refractivity contribution in [2.24, 2.45) is 0 Å². The Labute approximate surface area is 192 Å². The number of carbonyl (C=O) groups is 3. The van der Waals surface area contributed by atoms with E-state index in [1.165, 1.54) is 22.7 Å². The van der Waals surface area contributed by atoms with Gasteiger partial charge in [-0.1, -0.05) is 12.1 Å². The molecule has 32 heavy (non-hydrogen) atoms. The van der Waals surface area contributed by atoms with E-state index in [4.69, 9.17) is 29.3 Å². The summed E-state index contributed by atoms with van der Waals surface area (Å²) in [4.78, 5) is 32.5. The van der Waals surface area contributed by atoms with E-state index in [-0.39, 0.29) is 6.10 Å². The molecule has 0 aromatic carbocycles. The molecule has 3 saturated heterocycles. The molecule has 9 nitrogen and oxygen atoms in total. The molecule has 0 saturated carbocycles. The SMILES string of the molecule is C[N+]1(C)[C@H]2CC(OC(=O)C(O)(c3cccs3)c3cccs3)C[C@H]1[C@H]1O[C@H]12.O=C(O)C(=O)O. The van der Waals surface area contributed by atoms with Gasteiger partial charge < -0.3 is 29.3 Å². The second-order valence-electron chi connectivity index (χ2n) is 8.60. The van der Waals surface area contributed by atoms with Gasteiger partial charge in [0.15, 0.2) is 0 Å². The minimum Gasteiger partial charge on any atom is -0.473 e.